The molecule has 7 heteroatoms. The topological polar surface area (TPSA) is 77.8 Å². The minimum atomic E-state index is -0.800. The average molecular weight is 402 g/mol. The van der Waals surface area contributed by atoms with E-state index in [0.717, 1.165) is 53.3 Å². The number of fused-ring (bicyclic) bond motifs is 1. The molecule has 1 aromatic carbocycles. The van der Waals surface area contributed by atoms with Crippen LogP contribution in [-0.4, -0.2) is 47.0 Å². The number of aromatic nitrogens is 2. The Hall–Kier alpha value is -2.09. The number of nitrogens with zero attached hydrogens (tertiary/aromatic N) is 2. The van der Waals surface area contributed by atoms with Gasteiger partial charge in [-0.25, -0.2) is 0 Å². The molecule has 4 rings (SSSR count). The lowest BCUT2D eigenvalue weighted by atomic mass is 9.72. The minimum Gasteiger partial charge on any atom is -0.454 e. The number of ether oxygens (including phenoxy) is 3. The Kier molecular flexibility index (Phi) is 5.31. The highest BCUT2D eigenvalue weighted by Gasteiger charge is 2.44. The molecule has 2 aliphatic rings. The smallest absolute Gasteiger partial charge is 0.231 e. The first-order valence-electron chi connectivity index (χ1n) is 10.2. The van der Waals surface area contributed by atoms with Crippen LogP contribution in [0.3, 0.4) is 0 Å². The first kappa shape index (κ1) is 20.2. The molecule has 7 nitrogen and oxygen atoms in total. The maximum absolute atomic E-state index is 11.0. The van der Waals surface area contributed by atoms with Crippen molar-refractivity contribution in [2.75, 3.05) is 26.6 Å². The summed E-state index contributed by atoms with van der Waals surface area (Å²) >= 11 is 0. The molecule has 2 aliphatic heterocycles. The van der Waals surface area contributed by atoms with Crippen molar-refractivity contribution < 1.29 is 19.3 Å². The van der Waals surface area contributed by atoms with Gasteiger partial charge in [-0.2, -0.15) is 5.10 Å². The molecule has 0 amide bonds. The van der Waals surface area contributed by atoms with Crippen molar-refractivity contribution in [3.8, 4) is 22.6 Å². The number of nitrogens with one attached hydrogen (secondary N) is 1. The molecule has 1 atom stereocenters. The van der Waals surface area contributed by atoms with E-state index in [1.54, 1.807) is 0 Å². The average Bonchev–Trinajstić information content (AvgIpc) is 3.29. The van der Waals surface area contributed by atoms with E-state index < -0.39 is 5.60 Å². The van der Waals surface area contributed by atoms with Gasteiger partial charge < -0.3 is 24.6 Å². The third kappa shape index (κ3) is 3.74. The van der Waals surface area contributed by atoms with E-state index in [1.807, 2.05) is 30.9 Å². The van der Waals surface area contributed by atoms with E-state index >= 15 is 0 Å². The van der Waals surface area contributed by atoms with Crippen LogP contribution in [-0.2, 0) is 18.3 Å². The standard InChI is InChI=1S/C22H31N3O4/c1-15-18(11-24-25(15)4)17-8-16(9-19-20(17)29-14-28-19)10-23-12-21(2,3)22(26)6-5-7-27-13-22/h8-9,11,23,26H,5-7,10,12-14H2,1-4H3. The lowest BCUT2D eigenvalue weighted by molar-refractivity contribution is -0.149. The van der Waals surface area contributed by atoms with E-state index in [0.29, 0.717) is 19.7 Å². The molecule has 0 spiro atoms. The Balaban J connectivity index is 1.51. The van der Waals surface area contributed by atoms with E-state index in [1.165, 1.54) is 0 Å². The maximum Gasteiger partial charge on any atom is 0.231 e. The zero-order valence-electron chi connectivity index (χ0n) is 17.7. The number of hydrogen-bond acceptors (Lipinski definition) is 6. The van der Waals surface area contributed by atoms with Gasteiger partial charge in [0.1, 0.15) is 0 Å². The fourth-order valence-electron chi connectivity index (χ4n) is 4.13. The molecule has 1 unspecified atom stereocenters. The van der Waals surface area contributed by atoms with Gasteiger partial charge in [-0.3, -0.25) is 4.68 Å². The van der Waals surface area contributed by atoms with Gasteiger partial charge in [0.15, 0.2) is 11.5 Å². The molecule has 1 saturated heterocycles. The maximum atomic E-state index is 11.0. The van der Waals surface area contributed by atoms with Gasteiger partial charge in [0.25, 0.3) is 0 Å². The summed E-state index contributed by atoms with van der Waals surface area (Å²) in [6, 6.07) is 4.16. The molecule has 0 bridgehead atoms. The van der Waals surface area contributed by atoms with Crippen LogP contribution in [0.15, 0.2) is 18.3 Å². The first-order chi connectivity index (χ1) is 13.8. The van der Waals surface area contributed by atoms with Crippen LogP contribution in [0.4, 0.5) is 0 Å². The van der Waals surface area contributed by atoms with Crippen molar-refractivity contribution in [1.82, 2.24) is 15.1 Å². The van der Waals surface area contributed by atoms with Crippen LogP contribution >= 0.6 is 0 Å². The van der Waals surface area contributed by atoms with Crippen molar-refractivity contribution in [2.45, 2.75) is 45.8 Å². The monoisotopic (exact) mass is 401 g/mol. The summed E-state index contributed by atoms with van der Waals surface area (Å²) in [4.78, 5) is 0. The SMILES string of the molecule is Cc1c(-c2cc(CNCC(C)(C)C3(O)CCCOC3)cc3c2OCO3)cnn1C. The van der Waals surface area contributed by atoms with Crippen molar-refractivity contribution in [3.63, 3.8) is 0 Å². The molecule has 0 radical (unpaired) electrons. The van der Waals surface area contributed by atoms with E-state index in [9.17, 15) is 5.11 Å². The number of hydrogen-bond donors (Lipinski definition) is 2. The Labute approximate surface area is 172 Å². The van der Waals surface area contributed by atoms with Crippen molar-refractivity contribution in [2.24, 2.45) is 12.5 Å². The molecule has 3 heterocycles. The van der Waals surface area contributed by atoms with Gasteiger partial charge in [-0.05, 0) is 37.5 Å². The molecule has 2 N–H and O–H groups in total. The van der Waals surface area contributed by atoms with E-state index in [4.69, 9.17) is 14.2 Å². The molecular weight excluding hydrogens is 370 g/mol. The summed E-state index contributed by atoms with van der Waals surface area (Å²) in [7, 11) is 1.93. The lowest BCUT2D eigenvalue weighted by Crippen LogP contribution is -2.54. The summed E-state index contributed by atoms with van der Waals surface area (Å²) in [5.41, 5.74) is 3.13. The van der Waals surface area contributed by atoms with Crippen LogP contribution < -0.4 is 14.8 Å². The summed E-state index contributed by atoms with van der Waals surface area (Å²) in [6.07, 6.45) is 3.54. The lowest BCUT2D eigenvalue weighted by Gasteiger charge is -2.45. The zero-order chi connectivity index (χ0) is 20.6. The number of aryl methyl sites for hydroxylation is 1. The fraction of sp³-hybridized carbons (Fsp3) is 0.591. The highest BCUT2D eigenvalue weighted by molar-refractivity contribution is 5.76. The molecule has 2 aromatic rings. The van der Waals surface area contributed by atoms with Gasteiger partial charge in [-0.1, -0.05) is 13.8 Å². The van der Waals surface area contributed by atoms with Crippen molar-refractivity contribution in [1.29, 1.82) is 0 Å². The highest BCUT2D eigenvalue weighted by Crippen LogP contribution is 2.43. The Morgan fingerprint density at radius 1 is 1.28 bits per heavy atom. The second-order valence-corrected chi connectivity index (χ2v) is 8.82. The molecule has 158 valence electrons. The Morgan fingerprint density at radius 2 is 2.10 bits per heavy atom. The summed E-state index contributed by atoms with van der Waals surface area (Å²) in [5, 5.41) is 18.9. The molecule has 0 aliphatic carbocycles. The Bertz CT molecular complexity index is 884. The third-order valence-corrected chi connectivity index (χ3v) is 6.43. The van der Waals surface area contributed by atoms with E-state index in [2.05, 4.69) is 30.3 Å². The highest BCUT2D eigenvalue weighted by atomic mass is 16.7. The largest absolute Gasteiger partial charge is 0.454 e. The van der Waals surface area contributed by atoms with E-state index in [-0.39, 0.29) is 12.2 Å². The van der Waals surface area contributed by atoms with Crippen molar-refractivity contribution in [3.05, 3.63) is 29.6 Å². The molecule has 0 saturated carbocycles. The minimum absolute atomic E-state index is 0.235. The summed E-state index contributed by atoms with van der Waals surface area (Å²) in [6.45, 7) is 8.96. The fourth-order valence-corrected chi connectivity index (χ4v) is 4.13. The van der Waals surface area contributed by atoms with Crippen molar-refractivity contribution >= 4 is 0 Å². The number of aliphatic hydroxyl groups is 1. The molecule has 1 fully saturated rings. The van der Waals surface area contributed by atoms with Gasteiger partial charge in [0.2, 0.25) is 6.79 Å². The van der Waals surface area contributed by atoms with Gasteiger partial charge in [0.05, 0.1) is 18.4 Å². The normalized spacial score (nSPS) is 21.6. The summed E-state index contributed by atoms with van der Waals surface area (Å²) < 4.78 is 18.8. The van der Waals surface area contributed by atoms with Crippen LogP contribution in [0.25, 0.3) is 11.1 Å². The third-order valence-electron chi connectivity index (χ3n) is 6.43. The van der Waals surface area contributed by atoms with Gasteiger partial charge in [-0.15, -0.1) is 0 Å². The first-order valence-corrected chi connectivity index (χ1v) is 10.2. The second kappa shape index (κ2) is 7.63. The second-order valence-electron chi connectivity index (χ2n) is 8.82. The Morgan fingerprint density at radius 3 is 2.79 bits per heavy atom. The van der Waals surface area contributed by atoms with Crippen LogP contribution in [0, 0.1) is 12.3 Å². The van der Waals surface area contributed by atoms with Crippen LogP contribution in [0.5, 0.6) is 11.5 Å². The number of rotatable bonds is 6. The molecule has 1 aromatic heterocycles. The molecular formula is C22H31N3O4. The predicted molar refractivity (Wildman–Crippen MR) is 110 cm³/mol. The summed E-state index contributed by atoms with van der Waals surface area (Å²) in [5.74, 6) is 1.54. The number of benzene rings is 1. The van der Waals surface area contributed by atoms with Gasteiger partial charge in [0, 0.05) is 49.0 Å². The zero-order valence-corrected chi connectivity index (χ0v) is 17.7. The molecule has 29 heavy (non-hydrogen) atoms. The van der Waals surface area contributed by atoms with Crippen LogP contribution in [0.1, 0.15) is 37.9 Å². The van der Waals surface area contributed by atoms with Gasteiger partial charge >= 0.3 is 0 Å². The predicted octanol–water partition coefficient (Wildman–Crippen LogP) is 2.78. The quantitative estimate of drug-likeness (QED) is 0.775. The van der Waals surface area contributed by atoms with Crippen LogP contribution in [0.2, 0.25) is 0 Å².